The first-order chi connectivity index (χ1) is 15.8. The van der Waals surface area contributed by atoms with E-state index in [-0.39, 0.29) is 17.3 Å². The third-order valence-corrected chi connectivity index (χ3v) is 14.3. The van der Waals surface area contributed by atoms with Gasteiger partial charge in [-0.3, -0.25) is 4.79 Å². The van der Waals surface area contributed by atoms with Gasteiger partial charge in [-0.1, -0.05) is 41.5 Å². The summed E-state index contributed by atoms with van der Waals surface area (Å²) in [4.78, 5) is 13.1. The summed E-state index contributed by atoms with van der Waals surface area (Å²) in [5.41, 5.74) is 0.521. The molecule has 0 spiro atoms. The van der Waals surface area contributed by atoms with Gasteiger partial charge in [0.25, 0.3) is 0 Å². The molecule has 0 aromatic rings. The fraction of sp³-hybridized carbons (Fsp3) is 0.968. The molecule has 5 fully saturated rings. The summed E-state index contributed by atoms with van der Waals surface area (Å²) in [5, 5.41) is 11.1. The van der Waals surface area contributed by atoms with Gasteiger partial charge >= 0.3 is 5.97 Å². The van der Waals surface area contributed by atoms with Crippen molar-refractivity contribution in [3.05, 3.63) is 0 Å². The summed E-state index contributed by atoms with van der Waals surface area (Å²) in [6, 6.07) is 0. The Balaban J connectivity index is 1.54. The zero-order valence-electron chi connectivity index (χ0n) is 23.4. The van der Waals surface area contributed by atoms with Crippen LogP contribution in [0.25, 0.3) is 0 Å². The third kappa shape index (κ3) is 2.89. The summed E-state index contributed by atoms with van der Waals surface area (Å²) < 4.78 is 5.32. The molecule has 3 nitrogen and oxygen atoms in total. The van der Waals surface area contributed by atoms with E-state index in [1.54, 1.807) is 0 Å². The minimum atomic E-state index is -0.778. The van der Waals surface area contributed by atoms with Gasteiger partial charge in [-0.2, -0.15) is 0 Å². The number of rotatable bonds is 1. The van der Waals surface area contributed by atoms with Gasteiger partial charge in [0.15, 0.2) is 0 Å². The van der Waals surface area contributed by atoms with Crippen molar-refractivity contribution in [2.24, 2.45) is 62.6 Å². The number of methoxy groups -OCH3 is 1. The van der Waals surface area contributed by atoms with Gasteiger partial charge in [-0.25, -0.2) is 0 Å². The zero-order valence-corrected chi connectivity index (χ0v) is 23.4. The maximum atomic E-state index is 13.1. The van der Waals surface area contributed by atoms with Crippen LogP contribution in [-0.4, -0.2) is 24.3 Å². The molecule has 5 saturated carbocycles. The lowest BCUT2D eigenvalue weighted by atomic mass is 9.31. The summed E-state index contributed by atoms with van der Waals surface area (Å²) in [6.07, 6.45) is 11.7. The second kappa shape index (κ2) is 7.72. The molecule has 0 saturated heterocycles. The highest BCUT2D eigenvalue weighted by molar-refractivity contribution is 5.78. The van der Waals surface area contributed by atoms with E-state index in [1.165, 1.54) is 52.1 Å². The summed E-state index contributed by atoms with van der Waals surface area (Å²) in [5.74, 6) is 3.98. The second-order valence-electron chi connectivity index (χ2n) is 15.1. The minimum absolute atomic E-state index is 0.0926. The molecule has 5 unspecified atom stereocenters. The van der Waals surface area contributed by atoms with Gasteiger partial charge in [0.1, 0.15) is 0 Å². The highest BCUT2D eigenvalue weighted by Crippen LogP contribution is 2.77. The van der Waals surface area contributed by atoms with Crippen molar-refractivity contribution >= 4 is 5.97 Å². The number of aliphatic hydroxyl groups excluding tert-OH is 1. The Morgan fingerprint density at radius 1 is 0.794 bits per heavy atom. The van der Waals surface area contributed by atoms with Gasteiger partial charge < -0.3 is 9.84 Å². The number of ether oxygens (including phenoxy) is 1. The molecule has 3 heteroatoms. The van der Waals surface area contributed by atoms with Crippen LogP contribution < -0.4 is 0 Å². The summed E-state index contributed by atoms with van der Waals surface area (Å²) in [6.45, 7) is 17.6. The number of aliphatic hydroxyl groups is 1. The van der Waals surface area contributed by atoms with E-state index in [1.807, 2.05) is 6.92 Å². The SMILES string of the molecule is COC(=O)[C@]1(C)C2CC[C@]3(C)C(CCC4C5C(C)[C@H](C)CC[C@]5(C)CC[C@]43C)[C@@]2(C)CC[C@H]1O. The van der Waals surface area contributed by atoms with Gasteiger partial charge in [0.2, 0.25) is 0 Å². The number of fused-ring (bicyclic) bond motifs is 7. The Morgan fingerprint density at radius 3 is 2.18 bits per heavy atom. The Kier molecular flexibility index (Phi) is 5.70. The lowest BCUT2D eigenvalue weighted by molar-refractivity contribution is -0.258. The van der Waals surface area contributed by atoms with Crippen LogP contribution in [0.4, 0.5) is 0 Å². The van der Waals surface area contributed by atoms with E-state index in [0.29, 0.717) is 22.2 Å². The maximum absolute atomic E-state index is 13.1. The Morgan fingerprint density at radius 2 is 1.50 bits per heavy atom. The van der Waals surface area contributed by atoms with Crippen LogP contribution in [0.1, 0.15) is 113 Å². The molecule has 0 aromatic carbocycles. The fourth-order valence-electron chi connectivity index (χ4n) is 11.9. The molecule has 0 amide bonds. The van der Waals surface area contributed by atoms with Crippen LogP contribution in [0.2, 0.25) is 0 Å². The molecule has 0 aromatic heterocycles. The average molecular weight is 473 g/mol. The molecule has 0 bridgehead atoms. The monoisotopic (exact) mass is 472 g/mol. The van der Waals surface area contributed by atoms with E-state index in [2.05, 4.69) is 41.5 Å². The van der Waals surface area contributed by atoms with Crippen molar-refractivity contribution in [2.45, 2.75) is 119 Å². The quantitative estimate of drug-likeness (QED) is 0.409. The van der Waals surface area contributed by atoms with Crippen molar-refractivity contribution in [3.8, 4) is 0 Å². The smallest absolute Gasteiger partial charge is 0.314 e. The molecule has 0 heterocycles. The largest absolute Gasteiger partial charge is 0.469 e. The molecule has 5 rings (SSSR count). The van der Waals surface area contributed by atoms with Gasteiger partial charge in [-0.15, -0.1) is 0 Å². The van der Waals surface area contributed by atoms with E-state index >= 15 is 0 Å². The number of hydrogen-bond acceptors (Lipinski definition) is 3. The number of carbonyl (C=O) groups excluding carboxylic acids is 1. The van der Waals surface area contributed by atoms with Crippen molar-refractivity contribution < 1.29 is 14.6 Å². The summed E-state index contributed by atoms with van der Waals surface area (Å²) in [7, 11) is 1.50. The van der Waals surface area contributed by atoms with Crippen molar-refractivity contribution in [2.75, 3.05) is 7.11 Å². The van der Waals surface area contributed by atoms with Crippen molar-refractivity contribution in [1.29, 1.82) is 0 Å². The van der Waals surface area contributed by atoms with E-state index in [0.717, 1.165) is 42.9 Å². The predicted molar refractivity (Wildman–Crippen MR) is 137 cm³/mol. The molecule has 1 N–H and O–H groups in total. The Bertz CT molecular complexity index is 839. The van der Waals surface area contributed by atoms with Crippen LogP contribution in [0.3, 0.4) is 0 Å². The lowest BCUT2D eigenvalue weighted by Gasteiger charge is -2.73. The number of carbonyl (C=O) groups is 1. The van der Waals surface area contributed by atoms with Crippen LogP contribution in [0, 0.1) is 62.6 Å². The molecule has 194 valence electrons. The van der Waals surface area contributed by atoms with Crippen LogP contribution in [0.15, 0.2) is 0 Å². The first-order valence-electron chi connectivity index (χ1n) is 14.6. The molecular formula is C31H52O3. The van der Waals surface area contributed by atoms with Crippen LogP contribution in [-0.2, 0) is 9.53 Å². The molecule has 0 radical (unpaired) electrons. The fourth-order valence-corrected chi connectivity index (χ4v) is 11.9. The van der Waals surface area contributed by atoms with Crippen LogP contribution >= 0.6 is 0 Å². The van der Waals surface area contributed by atoms with Crippen LogP contribution in [0.5, 0.6) is 0 Å². The molecule has 0 aliphatic heterocycles. The van der Waals surface area contributed by atoms with Crippen molar-refractivity contribution in [1.82, 2.24) is 0 Å². The molecule has 5 aliphatic carbocycles. The second-order valence-corrected chi connectivity index (χ2v) is 15.1. The lowest BCUT2D eigenvalue weighted by Crippen LogP contribution is -2.68. The normalized spacial score (nSPS) is 59.1. The Hall–Kier alpha value is -0.570. The topological polar surface area (TPSA) is 46.5 Å². The molecule has 34 heavy (non-hydrogen) atoms. The highest BCUT2D eigenvalue weighted by atomic mass is 16.5. The molecule has 5 aliphatic rings. The van der Waals surface area contributed by atoms with Crippen molar-refractivity contribution in [3.63, 3.8) is 0 Å². The molecular weight excluding hydrogens is 420 g/mol. The first kappa shape index (κ1) is 25.1. The van der Waals surface area contributed by atoms with Gasteiger partial charge in [0, 0.05) is 0 Å². The number of hydrogen-bond donors (Lipinski definition) is 1. The van der Waals surface area contributed by atoms with E-state index in [4.69, 9.17) is 4.74 Å². The minimum Gasteiger partial charge on any atom is -0.469 e. The maximum Gasteiger partial charge on any atom is 0.314 e. The zero-order chi connectivity index (χ0) is 24.9. The van der Waals surface area contributed by atoms with E-state index in [9.17, 15) is 9.90 Å². The average Bonchev–Trinajstić information content (AvgIpc) is 2.79. The Labute approximate surface area is 209 Å². The molecule has 12 atom stereocenters. The highest BCUT2D eigenvalue weighted by Gasteiger charge is 2.71. The van der Waals surface area contributed by atoms with Gasteiger partial charge in [0.05, 0.1) is 18.6 Å². The third-order valence-electron chi connectivity index (χ3n) is 14.3. The first-order valence-corrected chi connectivity index (χ1v) is 14.6. The predicted octanol–water partition coefficient (Wildman–Crippen LogP) is 7.26. The standard InChI is InChI=1S/C31H52O3/c1-19-11-14-27(3)17-18-29(5)21(25(27)20(19)2)9-10-22-28(4)15-13-24(32)31(7,26(33)34-8)23(28)12-16-30(22,29)6/h19-25,32H,9-18H2,1-8H3/t19-,20?,21?,22?,23?,24-,25?,27-,28-,29-,30-,31-/m1/s1. The van der Waals surface area contributed by atoms with Gasteiger partial charge in [-0.05, 0) is 128 Å². The van der Waals surface area contributed by atoms with E-state index < -0.39 is 11.5 Å². The number of esters is 1. The summed E-state index contributed by atoms with van der Waals surface area (Å²) >= 11 is 0.